The summed E-state index contributed by atoms with van der Waals surface area (Å²) in [5.74, 6) is -1.06. The minimum Gasteiger partial charge on any atom is -0.463 e. The van der Waals surface area contributed by atoms with E-state index in [4.69, 9.17) is 10.00 Å². The van der Waals surface area contributed by atoms with Gasteiger partial charge in [-0.05, 0) is 35.0 Å². The Morgan fingerprint density at radius 2 is 2.28 bits per heavy atom. The van der Waals surface area contributed by atoms with Gasteiger partial charge in [0.2, 0.25) is 0 Å². The summed E-state index contributed by atoms with van der Waals surface area (Å²) in [6.45, 7) is 5.48. The van der Waals surface area contributed by atoms with E-state index in [1.165, 1.54) is 12.1 Å². The van der Waals surface area contributed by atoms with Gasteiger partial charge in [0.25, 0.3) is 0 Å². The highest BCUT2D eigenvalue weighted by molar-refractivity contribution is 9.10. The number of hydrogen-bond acceptors (Lipinski definition) is 3. The van der Waals surface area contributed by atoms with Crippen LogP contribution in [0.4, 0.5) is 4.39 Å². The van der Waals surface area contributed by atoms with Crippen LogP contribution in [-0.4, -0.2) is 12.6 Å². The Morgan fingerprint density at radius 1 is 1.61 bits per heavy atom. The first kappa shape index (κ1) is 14.4. The van der Waals surface area contributed by atoms with Crippen molar-refractivity contribution in [3.63, 3.8) is 0 Å². The van der Waals surface area contributed by atoms with E-state index in [1.54, 1.807) is 6.92 Å². The van der Waals surface area contributed by atoms with Gasteiger partial charge in [-0.2, -0.15) is 5.26 Å². The largest absolute Gasteiger partial charge is 0.463 e. The second kappa shape index (κ2) is 6.31. The molecule has 1 aromatic rings. The van der Waals surface area contributed by atoms with E-state index in [1.807, 2.05) is 6.07 Å². The van der Waals surface area contributed by atoms with E-state index in [0.717, 1.165) is 0 Å². The Labute approximate surface area is 113 Å². The van der Waals surface area contributed by atoms with Crippen molar-refractivity contribution in [2.45, 2.75) is 13.3 Å². The highest BCUT2D eigenvalue weighted by atomic mass is 79.9. The van der Waals surface area contributed by atoms with Crippen molar-refractivity contribution in [2.24, 2.45) is 0 Å². The molecule has 1 rings (SSSR count). The third kappa shape index (κ3) is 3.17. The van der Waals surface area contributed by atoms with Crippen molar-refractivity contribution in [1.29, 1.82) is 5.26 Å². The van der Waals surface area contributed by atoms with Crippen LogP contribution in [0.5, 0.6) is 0 Å². The number of hydrogen-bond donors (Lipinski definition) is 0. The number of ether oxygens (including phenoxy) is 1. The molecule has 0 radical (unpaired) electrons. The maximum atomic E-state index is 13.6. The number of nitrogens with zero attached hydrogens (tertiary/aromatic N) is 1. The monoisotopic (exact) mass is 311 g/mol. The van der Waals surface area contributed by atoms with Crippen LogP contribution in [-0.2, 0) is 16.0 Å². The smallest absolute Gasteiger partial charge is 0.333 e. The van der Waals surface area contributed by atoms with Crippen molar-refractivity contribution < 1.29 is 13.9 Å². The number of esters is 1. The average Bonchev–Trinajstić information content (AvgIpc) is 2.34. The molecule has 0 saturated carbocycles. The van der Waals surface area contributed by atoms with Crippen LogP contribution in [0.15, 0.2) is 28.8 Å². The fourth-order valence-corrected chi connectivity index (χ4v) is 1.92. The summed E-state index contributed by atoms with van der Waals surface area (Å²) in [7, 11) is 0. The molecule has 0 fully saturated rings. The number of rotatable bonds is 4. The molecule has 0 atom stereocenters. The molecule has 0 spiro atoms. The first-order chi connectivity index (χ1) is 8.51. The normalized spacial score (nSPS) is 9.67. The first-order valence-electron chi connectivity index (χ1n) is 5.23. The second-order valence-electron chi connectivity index (χ2n) is 3.50. The third-order valence-corrected chi connectivity index (χ3v) is 3.17. The lowest BCUT2D eigenvalue weighted by molar-refractivity contribution is -0.138. The number of nitriles is 1. The molecule has 3 nitrogen and oxygen atoms in total. The van der Waals surface area contributed by atoms with Gasteiger partial charge < -0.3 is 4.74 Å². The molecule has 0 heterocycles. The third-order valence-electron chi connectivity index (χ3n) is 2.26. The van der Waals surface area contributed by atoms with Crippen molar-refractivity contribution >= 4 is 21.9 Å². The van der Waals surface area contributed by atoms with E-state index >= 15 is 0 Å². The Balaban J connectivity index is 3.01. The average molecular weight is 312 g/mol. The lowest BCUT2D eigenvalue weighted by Crippen LogP contribution is -2.10. The van der Waals surface area contributed by atoms with Gasteiger partial charge in [-0.15, -0.1) is 0 Å². The van der Waals surface area contributed by atoms with Crippen LogP contribution in [0.1, 0.15) is 18.1 Å². The lowest BCUT2D eigenvalue weighted by Gasteiger charge is -2.09. The molecule has 0 aliphatic rings. The fraction of sp³-hybridized carbons (Fsp3) is 0.231. The standard InChI is InChI=1S/C13H11BrFNO2/c1-3-18-13(17)8(2)6-10-11(15)5-4-9(7-16)12(10)14/h4-5H,2-3,6H2,1H3. The SMILES string of the molecule is C=C(Cc1c(F)ccc(C#N)c1Br)C(=O)OCC. The van der Waals surface area contributed by atoms with Gasteiger partial charge in [-0.3, -0.25) is 0 Å². The maximum absolute atomic E-state index is 13.6. The zero-order valence-corrected chi connectivity index (χ0v) is 11.4. The van der Waals surface area contributed by atoms with Gasteiger partial charge in [-0.25, -0.2) is 9.18 Å². The van der Waals surface area contributed by atoms with Crippen LogP contribution < -0.4 is 0 Å². The summed E-state index contributed by atoms with van der Waals surface area (Å²) >= 11 is 3.15. The summed E-state index contributed by atoms with van der Waals surface area (Å²) in [5.41, 5.74) is 0.682. The van der Waals surface area contributed by atoms with Crippen LogP contribution in [0.25, 0.3) is 0 Å². The van der Waals surface area contributed by atoms with Crippen LogP contribution >= 0.6 is 15.9 Å². The molecule has 0 bridgehead atoms. The van der Waals surface area contributed by atoms with Gasteiger partial charge >= 0.3 is 5.97 Å². The van der Waals surface area contributed by atoms with Crippen LogP contribution in [0.3, 0.4) is 0 Å². The molecule has 0 saturated heterocycles. The molecule has 0 aromatic heterocycles. The number of carbonyl (C=O) groups is 1. The summed E-state index contributed by atoms with van der Waals surface area (Å²) in [4.78, 5) is 11.4. The maximum Gasteiger partial charge on any atom is 0.333 e. The molecule has 0 unspecified atom stereocenters. The Hall–Kier alpha value is -1.67. The van der Waals surface area contributed by atoms with E-state index < -0.39 is 11.8 Å². The zero-order chi connectivity index (χ0) is 13.7. The summed E-state index contributed by atoms with van der Waals surface area (Å²) < 4.78 is 18.8. The molecule has 94 valence electrons. The van der Waals surface area contributed by atoms with Crippen LogP contribution in [0, 0.1) is 17.1 Å². The quantitative estimate of drug-likeness (QED) is 0.634. The van der Waals surface area contributed by atoms with Crippen molar-refractivity contribution in [2.75, 3.05) is 6.61 Å². The van der Waals surface area contributed by atoms with E-state index in [9.17, 15) is 9.18 Å². The van der Waals surface area contributed by atoms with E-state index in [0.29, 0.717) is 10.0 Å². The zero-order valence-electron chi connectivity index (χ0n) is 9.80. The van der Waals surface area contributed by atoms with E-state index in [-0.39, 0.29) is 24.2 Å². The van der Waals surface area contributed by atoms with Gasteiger partial charge in [0.15, 0.2) is 0 Å². The summed E-state index contributed by atoms with van der Waals surface area (Å²) in [6.07, 6.45) is 0.000764. The molecule has 0 aliphatic heterocycles. The summed E-state index contributed by atoms with van der Waals surface area (Å²) in [6, 6.07) is 4.49. The van der Waals surface area contributed by atoms with Gasteiger partial charge in [0.1, 0.15) is 11.9 Å². The van der Waals surface area contributed by atoms with Crippen LogP contribution in [0.2, 0.25) is 0 Å². The number of carbonyl (C=O) groups excluding carboxylic acids is 1. The Bertz CT molecular complexity index is 535. The topological polar surface area (TPSA) is 50.1 Å². The second-order valence-corrected chi connectivity index (χ2v) is 4.29. The molecular formula is C13H11BrFNO2. The van der Waals surface area contributed by atoms with Crippen molar-refractivity contribution in [3.8, 4) is 6.07 Å². The lowest BCUT2D eigenvalue weighted by atomic mass is 10.0. The van der Waals surface area contributed by atoms with Crippen molar-refractivity contribution in [1.82, 2.24) is 0 Å². The molecular weight excluding hydrogens is 301 g/mol. The molecule has 0 aliphatic carbocycles. The minimum absolute atomic E-state index is 0.000764. The molecule has 0 amide bonds. The Morgan fingerprint density at radius 3 is 2.83 bits per heavy atom. The highest BCUT2D eigenvalue weighted by Crippen LogP contribution is 2.26. The number of halogens is 2. The van der Waals surface area contributed by atoms with Gasteiger partial charge in [-0.1, -0.05) is 6.58 Å². The first-order valence-corrected chi connectivity index (χ1v) is 6.02. The Kier molecular flexibility index (Phi) is 5.05. The predicted octanol–water partition coefficient (Wildman–Crippen LogP) is 3.12. The molecule has 5 heteroatoms. The minimum atomic E-state index is -0.564. The summed E-state index contributed by atoms with van der Waals surface area (Å²) in [5, 5.41) is 8.84. The number of benzene rings is 1. The molecule has 0 N–H and O–H groups in total. The fourth-order valence-electron chi connectivity index (χ4n) is 1.36. The van der Waals surface area contributed by atoms with Gasteiger partial charge in [0.05, 0.1) is 12.2 Å². The molecule has 1 aromatic carbocycles. The highest BCUT2D eigenvalue weighted by Gasteiger charge is 2.16. The van der Waals surface area contributed by atoms with Crippen molar-refractivity contribution in [3.05, 3.63) is 45.7 Å². The van der Waals surface area contributed by atoms with Gasteiger partial charge in [0, 0.05) is 22.0 Å². The predicted molar refractivity (Wildman–Crippen MR) is 68.3 cm³/mol. The molecule has 18 heavy (non-hydrogen) atoms. The van der Waals surface area contributed by atoms with E-state index in [2.05, 4.69) is 22.5 Å².